The van der Waals surface area contributed by atoms with Gasteiger partial charge in [-0.2, -0.15) is 8.42 Å². The van der Waals surface area contributed by atoms with Crippen LogP contribution in [-0.4, -0.2) is 27.8 Å². The predicted octanol–water partition coefficient (Wildman–Crippen LogP) is 0.424. The van der Waals surface area contributed by atoms with Crippen LogP contribution >= 0.6 is 8.81 Å². The first-order valence-corrected chi connectivity index (χ1v) is 6.32. The van der Waals surface area contributed by atoms with Crippen LogP contribution in [0.2, 0.25) is 0 Å². The summed E-state index contributed by atoms with van der Waals surface area (Å²) in [7, 11) is -5.04. The Balaban J connectivity index is 2.77. The molecule has 0 amide bonds. The van der Waals surface area contributed by atoms with E-state index in [1.54, 1.807) is 18.2 Å². The minimum absolute atomic E-state index is 0.0224. The van der Waals surface area contributed by atoms with Crippen LogP contribution in [-0.2, 0) is 16.5 Å². The fourth-order valence-electron chi connectivity index (χ4n) is 0.926. The number of hydrogen-bond donors (Lipinski definition) is 2. The molecule has 78 valence electrons. The average Bonchev–Trinajstić information content (AvgIpc) is 2.14. The molecule has 2 atom stereocenters. The Kier molecular flexibility index (Phi) is 3.95. The molecule has 0 radical (unpaired) electrons. The summed E-state index contributed by atoms with van der Waals surface area (Å²) in [5.41, 5.74) is 0.525. The van der Waals surface area contributed by atoms with Gasteiger partial charge in [-0.25, -0.2) is 0 Å². The first-order chi connectivity index (χ1) is 6.54. The largest absolute Gasteiger partial charge is 0.376 e. The van der Waals surface area contributed by atoms with Crippen LogP contribution in [0, 0.1) is 0 Å². The number of aromatic nitrogens is 1. The summed E-state index contributed by atoms with van der Waals surface area (Å²) in [6, 6.07) is 5.05. The minimum Gasteiger partial charge on any atom is -0.376 e. The highest BCUT2D eigenvalue weighted by Crippen LogP contribution is 2.22. The van der Waals surface area contributed by atoms with Crippen molar-refractivity contribution in [2.75, 3.05) is 0 Å². The van der Waals surface area contributed by atoms with Crippen LogP contribution in [0.15, 0.2) is 24.4 Å². The second-order valence-corrected chi connectivity index (χ2v) is 5.63. The molecule has 0 aliphatic heterocycles. The molecule has 2 unspecified atom stereocenters. The van der Waals surface area contributed by atoms with E-state index in [0.29, 0.717) is 5.69 Å². The van der Waals surface area contributed by atoms with Crippen LogP contribution < -0.4 is 0 Å². The molecule has 0 saturated carbocycles. The molecule has 0 spiro atoms. The summed E-state index contributed by atoms with van der Waals surface area (Å²) >= 11 is 0. The Labute approximate surface area is 83.8 Å². The summed E-state index contributed by atoms with van der Waals surface area (Å²) in [6.45, 7) is 0. The zero-order valence-corrected chi connectivity index (χ0v) is 8.98. The Morgan fingerprint density at radius 3 is 2.64 bits per heavy atom. The summed E-state index contributed by atoms with van der Waals surface area (Å²) in [5.74, 6) is 0. The van der Waals surface area contributed by atoms with Crippen LogP contribution in [0.3, 0.4) is 0 Å². The van der Waals surface area contributed by atoms with E-state index in [0.717, 1.165) is 0 Å². The Bertz CT molecular complexity index is 380. The van der Waals surface area contributed by atoms with Gasteiger partial charge < -0.3 is 4.89 Å². The second-order valence-electron chi connectivity index (χ2n) is 2.66. The van der Waals surface area contributed by atoms with Gasteiger partial charge in [-0.1, -0.05) is 6.07 Å². The number of nitrogens with zero attached hydrogens (tertiary/aromatic N) is 1. The van der Waals surface area contributed by atoms with E-state index in [9.17, 15) is 8.42 Å². The SMILES string of the molecule is O=S(=O)(O)C(Cc1ccccn1)PO. The van der Waals surface area contributed by atoms with E-state index in [2.05, 4.69) is 4.98 Å². The lowest BCUT2D eigenvalue weighted by Gasteiger charge is -2.08. The van der Waals surface area contributed by atoms with Gasteiger partial charge in [-0.3, -0.25) is 9.54 Å². The molecule has 1 aromatic rings. The van der Waals surface area contributed by atoms with E-state index in [1.165, 1.54) is 6.20 Å². The van der Waals surface area contributed by atoms with Crippen molar-refractivity contribution in [2.24, 2.45) is 0 Å². The van der Waals surface area contributed by atoms with Gasteiger partial charge in [-0.05, 0) is 12.1 Å². The van der Waals surface area contributed by atoms with Crippen LogP contribution in [0.5, 0.6) is 0 Å². The fourth-order valence-corrected chi connectivity index (χ4v) is 2.14. The maximum atomic E-state index is 10.7. The van der Waals surface area contributed by atoms with Crippen molar-refractivity contribution < 1.29 is 17.9 Å². The first-order valence-electron chi connectivity index (χ1n) is 3.80. The standard InChI is InChI=1S/C7H10NO4PS/c9-13-7(14(10,11)12)5-6-3-1-2-4-8-6/h1-4,7,9,13H,5H2,(H,10,11,12). The Hall–Kier alpha value is -0.550. The molecule has 5 nitrogen and oxygen atoms in total. The van der Waals surface area contributed by atoms with Crippen LogP contribution in [0.25, 0.3) is 0 Å². The molecule has 0 fully saturated rings. The number of pyridine rings is 1. The topological polar surface area (TPSA) is 87.5 Å². The molecule has 1 aromatic heterocycles. The number of hydrogen-bond acceptors (Lipinski definition) is 4. The predicted molar refractivity (Wildman–Crippen MR) is 53.8 cm³/mol. The third-order valence-electron chi connectivity index (χ3n) is 1.62. The van der Waals surface area contributed by atoms with Gasteiger partial charge in [0.1, 0.15) is 4.99 Å². The van der Waals surface area contributed by atoms with Crippen molar-refractivity contribution in [1.82, 2.24) is 4.98 Å². The molecular weight excluding hydrogens is 225 g/mol. The molecular formula is C7H10NO4PS. The molecule has 0 aliphatic rings. The van der Waals surface area contributed by atoms with Crippen molar-refractivity contribution in [2.45, 2.75) is 11.4 Å². The molecule has 0 aliphatic carbocycles. The maximum Gasteiger partial charge on any atom is 0.274 e. The maximum absolute atomic E-state index is 10.7. The molecule has 0 aromatic carbocycles. The van der Waals surface area contributed by atoms with E-state index >= 15 is 0 Å². The van der Waals surface area contributed by atoms with Gasteiger partial charge in [-0.15, -0.1) is 0 Å². The molecule has 14 heavy (non-hydrogen) atoms. The molecule has 1 heterocycles. The average molecular weight is 235 g/mol. The van der Waals surface area contributed by atoms with E-state index in [-0.39, 0.29) is 6.42 Å². The van der Waals surface area contributed by atoms with Gasteiger partial charge in [0.2, 0.25) is 0 Å². The van der Waals surface area contributed by atoms with E-state index in [1.807, 2.05) is 0 Å². The highest BCUT2D eigenvalue weighted by atomic mass is 32.2. The van der Waals surface area contributed by atoms with Gasteiger partial charge >= 0.3 is 0 Å². The van der Waals surface area contributed by atoms with Crippen molar-refractivity contribution >= 4 is 18.9 Å². The van der Waals surface area contributed by atoms with Crippen LogP contribution in [0.4, 0.5) is 0 Å². The van der Waals surface area contributed by atoms with Gasteiger partial charge in [0.25, 0.3) is 10.1 Å². The normalized spacial score (nSPS) is 14.7. The lowest BCUT2D eigenvalue weighted by molar-refractivity contribution is 0.476. The zero-order chi connectivity index (χ0) is 10.6. The molecule has 7 heteroatoms. The van der Waals surface area contributed by atoms with Crippen molar-refractivity contribution in [3.05, 3.63) is 30.1 Å². The summed E-state index contributed by atoms with van der Waals surface area (Å²) < 4.78 is 30.2. The molecule has 0 saturated heterocycles. The summed E-state index contributed by atoms with van der Waals surface area (Å²) in [4.78, 5) is 11.5. The quantitative estimate of drug-likeness (QED) is 0.583. The zero-order valence-electron chi connectivity index (χ0n) is 7.16. The highest BCUT2D eigenvalue weighted by molar-refractivity contribution is 7.91. The first kappa shape index (κ1) is 11.5. The fraction of sp³-hybridized carbons (Fsp3) is 0.286. The monoisotopic (exact) mass is 235 g/mol. The molecule has 2 N–H and O–H groups in total. The van der Waals surface area contributed by atoms with Crippen LogP contribution in [0.1, 0.15) is 5.69 Å². The second kappa shape index (κ2) is 4.79. The van der Waals surface area contributed by atoms with E-state index in [4.69, 9.17) is 9.45 Å². The number of rotatable bonds is 4. The van der Waals surface area contributed by atoms with Crippen molar-refractivity contribution in [3.63, 3.8) is 0 Å². The molecule has 1 rings (SSSR count). The smallest absolute Gasteiger partial charge is 0.274 e. The Morgan fingerprint density at radius 1 is 1.50 bits per heavy atom. The van der Waals surface area contributed by atoms with Gasteiger partial charge in [0.15, 0.2) is 0 Å². The third-order valence-corrected chi connectivity index (χ3v) is 4.21. The van der Waals surface area contributed by atoms with Crippen molar-refractivity contribution in [3.8, 4) is 0 Å². The third kappa shape index (κ3) is 3.31. The van der Waals surface area contributed by atoms with Crippen molar-refractivity contribution in [1.29, 1.82) is 0 Å². The lowest BCUT2D eigenvalue weighted by Crippen LogP contribution is -2.18. The van der Waals surface area contributed by atoms with Gasteiger partial charge in [0.05, 0.1) is 0 Å². The summed E-state index contributed by atoms with van der Waals surface area (Å²) in [6.07, 6.45) is 1.55. The molecule has 0 bridgehead atoms. The Morgan fingerprint density at radius 2 is 2.21 bits per heavy atom. The summed E-state index contributed by atoms with van der Waals surface area (Å²) in [5, 5.41) is 0. The minimum atomic E-state index is -4.19. The lowest BCUT2D eigenvalue weighted by atomic mass is 10.3. The van der Waals surface area contributed by atoms with E-state index < -0.39 is 23.9 Å². The highest BCUT2D eigenvalue weighted by Gasteiger charge is 2.23. The van der Waals surface area contributed by atoms with Gasteiger partial charge in [0, 0.05) is 27.1 Å².